The molecule has 2 saturated heterocycles. The molecule has 2 aromatic rings. The van der Waals surface area contributed by atoms with Crippen LogP contribution >= 0.6 is 0 Å². The first-order valence-electron chi connectivity index (χ1n) is 11.6. The van der Waals surface area contributed by atoms with Gasteiger partial charge in [-0.1, -0.05) is 36.4 Å². The van der Waals surface area contributed by atoms with E-state index in [0.29, 0.717) is 25.4 Å². The van der Waals surface area contributed by atoms with Crippen LogP contribution in [-0.4, -0.2) is 43.4 Å². The fourth-order valence-electron chi connectivity index (χ4n) is 6.52. The van der Waals surface area contributed by atoms with Crippen molar-refractivity contribution in [2.75, 3.05) is 26.2 Å². The highest BCUT2D eigenvalue weighted by molar-refractivity contribution is 5.62. The number of aryl methyl sites for hydroxylation is 1. The Balaban J connectivity index is 1.45. The summed E-state index contributed by atoms with van der Waals surface area (Å²) >= 11 is 0. The van der Waals surface area contributed by atoms with Crippen LogP contribution in [0.2, 0.25) is 0 Å². The van der Waals surface area contributed by atoms with Gasteiger partial charge in [0.05, 0.1) is 5.56 Å². The summed E-state index contributed by atoms with van der Waals surface area (Å²) in [5, 5.41) is 3.39. The Bertz CT molecular complexity index is 969. The molecule has 2 aromatic carbocycles. The van der Waals surface area contributed by atoms with Crippen molar-refractivity contribution >= 4 is 6.29 Å². The van der Waals surface area contributed by atoms with Gasteiger partial charge in [0.25, 0.3) is 0 Å². The maximum atomic E-state index is 13.3. The summed E-state index contributed by atoms with van der Waals surface area (Å²) in [5.74, 6) is 0.312. The predicted octanol–water partition coefficient (Wildman–Crippen LogP) is 4.56. The fraction of sp³-hybridized carbons (Fsp3) is 0.500. The number of hydrogen-bond acceptors (Lipinski definition) is 3. The largest absolute Gasteiger partial charge is 0.416 e. The van der Waals surface area contributed by atoms with E-state index in [4.69, 9.17) is 0 Å². The Hall–Kier alpha value is -2.18. The molecule has 1 unspecified atom stereocenters. The molecule has 1 N–H and O–H groups in total. The van der Waals surface area contributed by atoms with Crippen molar-refractivity contribution in [3.63, 3.8) is 0 Å². The molecule has 1 aliphatic carbocycles. The zero-order chi connectivity index (χ0) is 22.3. The lowest BCUT2D eigenvalue weighted by Gasteiger charge is -2.51. The molecule has 3 atom stereocenters. The molecule has 2 fully saturated rings. The van der Waals surface area contributed by atoms with E-state index in [1.54, 1.807) is 6.07 Å². The number of benzene rings is 2. The first-order chi connectivity index (χ1) is 15.4. The highest BCUT2D eigenvalue weighted by Gasteiger charge is 2.54. The first-order valence-corrected chi connectivity index (χ1v) is 11.6. The van der Waals surface area contributed by atoms with Crippen LogP contribution < -0.4 is 5.32 Å². The number of alkyl halides is 3. The van der Waals surface area contributed by atoms with Crippen molar-refractivity contribution in [2.24, 2.45) is 5.92 Å². The smallest absolute Gasteiger partial charge is 0.315 e. The van der Waals surface area contributed by atoms with Crippen LogP contribution in [0.4, 0.5) is 13.2 Å². The van der Waals surface area contributed by atoms with Gasteiger partial charge in [0.15, 0.2) is 0 Å². The number of aldehydes is 1. The molecule has 2 heterocycles. The van der Waals surface area contributed by atoms with Gasteiger partial charge in [-0.3, -0.25) is 4.90 Å². The van der Waals surface area contributed by atoms with E-state index < -0.39 is 17.2 Å². The van der Waals surface area contributed by atoms with Crippen LogP contribution in [0.3, 0.4) is 0 Å². The predicted molar refractivity (Wildman–Crippen MR) is 118 cm³/mol. The Morgan fingerprint density at radius 3 is 2.47 bits per heavy atom. The number of hydrogen-bond donors (Lipinski definition) is 1. The van der Waals surface area contributed by atoms with Crippen molar-refractivity contribution in [1.29, 1.82) is 0 Å². The molecule has 2 aliphatic heterocycles. The van der Waals surface area contributed by atoms with Crippen LogP contribution in [-0.2, 0) is 22.8 Å². The molecule has 0 bridgehead atoms. The molecule has 3 aliphatic rings. The second kappa shape index (κ2) is 8.31. The summed E-state index contributed by atoms with van der Waals surface area (Å²) in [7, 11) is 0. The van der Waals surface area contributed by atoms with Crippen LogP contribution in [0.5, 0.6) is 0 Å². The maximum absolute atomic E-state index is 13.3. The van der Waals surface area contributed by atoms with Crippen molar-refractivity contribution in [3.05, 3.63) is 70.8 Å². The van der Waals surface area contributed by atoms with E-state index in [-0.39, 0.29) is 12.0 Å². The lowest BCUT2D eigenvalue weighted by molar-refractivity contribution is -0.137. The number of fused-ring (bicyclic) bond motifs is 2. The topological polar surface area (TPSA) is 32.3 Å². The number of carbonyl (C=O) groups is 1. The SMILES string of the molecule is O=C[C@@H]1CNC[C@]12c1ccc(C(F)(F)F)cc1CCC2N1CCC(c2ccccc2)CC1. The molecule has 6 heteroatoms. The van der Waals surface area contributed by atoms with Gasteiger partial charge >= 0.3 is 6.18 Å². The quantitative estimate of drug-likeness (QED) is 0.708. The van der Waals surface area contributed by atoms with Crippen LogP contribution in [0.15, 0.2) is 48.5 Å². The van der Waals surface area contributed by atoms with Crippen LogP contribution in [0.25, 0.3) is 0 Å². The Labute approximate surface area is 187 Å². The van der Waals surface area contributed by atoms with E-state index in [1.165, 1.54) is 17.7 Å². The van der Waals surface area contributed by atoms with Crippen molar-refractivity contribution in [1.82, 2.24) is 10.2 Å². The molecule has 0 radical (unpaired) electrons. The number of rotatable bonds is 3. The molecule has 0 amide bonds. The zero-order valence-electron chi connectivity index (χ0n) is 18.1. The van der Waals surface area contributed by atoms with Gasteiger partial charge in [0, 0.05) is 30.5 Å². The minimum atomic E-state index is -4.35. The molecular weight excluding hydrogens is 413 g/mol. The summed E-state index contributed by atoms with van der Waals surface area (Å²) in [6, 6.07) is 14.9. The van der Waals surface area contributed by atoms with Crippen molar-refractivity contribution in [2.45, 2.75) is 49.2 Å². The second-order valence-electron chi connectivity index (χ2n) is 9.56. The molecular formula is C26H29F3N2O. The van der Waals surface area contributed by atoms with Gasteiger partial charge in [-0.15, -0.1) is 0 Å². The lowest BCUT2D eigenvalue weighted by atomic mass is 9.61. The van der Waals surface area contributed by atoms with Gasteiger partial charge in [0.1, 0.15) is 6.29 Å². The second-order valence-corrected chi connectivity index (χ2v) is 9.56. The zero-order valence-corrected chi connectivity index (χ0v) is 18.1. The van der Waals surface area contributed by atoms with Gasteiger partial charge in [-0.25, -0.2) is 0 Å². The van der Waals surface area contributed by atoms with Crippen molar-refractivity contribution in [3.8, 4) is 0 Å². The molecule has 170 valence electrons. The monoisotopic (exact) mass is 442 g/mol. The molecule has 1 spiro atoms. The number of piperidine rings is 1. The Kier molecular flexibility index (Phi) is 5.62. The van der Waals surface area contributed by atoms with Crippen LogP contribution in [0.1, 0.15) is 47.4 Å². The minimum absolute atomic E-state index is 0.161. The van der Waals surface area contributed by atoms with E-state index in [2.05, 4.69) is 34.5 Å². The number of nitrogens with zero attached hydrogens (tertiary/aromatic N) is 1. The third-order valence-corrected chi connectivity index (χ3v) is 8.06. The number of nitrogens with one attached hydrogen (secondary N) is 1. The van der Waals surface area contributed by atoms with E-state index in [0.717, 1.165) is 49.8 Å². The highest BCUT2D eigenvalue weighted by atomic mass is 19.4. The summed E-state index contributed by atoms with van der Waals surface area (Å²) in [6.07, 6.45) is 0.213. The molecule has 5 rings (SSSR count). The summed E-state index contributed by atoms with van der Waals surface area (Å²) < 4.78 is 40.0. The molecule has 3 nitrogen and oxygen atoms in total. The Morgan fingerprint density at radius 2 is 1.78 bits per heavy atom. The standard InChI is InChI=1S/C26H29F3N2O/c27-26(28,29)21-7-8-23-20(14-21)6-9-24(25(23)17-30-15-22(25)16-32)31-12-10-19(11-13-31)18-4-2-1-3-5-18/h1-5,7-8,14,16,19,22,24,30H,6,9-13,15,17H2/t22-,24?,25+/m0/s1. The number of likely N-dealkylation sites (tertiary alicyclic amines) is 1. The van der Waals surface area contributed by atoms with E-state index in [9.17, 15) is 18.0 Å². The molecule has 0 saturated carbocycles. The summed E-state index contributed by atoms with van der Waals surface area (Å²) in [5.41, 5.74) is 2.02. The molecule has 0 aromatic heterocycles. The summed E-state index contributed by atoms with van der Waals surface area (Å²) in [6.45, 7) is 3.13. The third-order valence-electron chi connectivity index (χ3n) is 8.06. The maximum Gasteiger partial charge on any atom is 0.416 e. The highest BCUT2D eigenvalue weighted by Crippen LogP contribution is 2.48. The average Bonchev–Trinajstić information content (AvgIpc) is 3.23. The Morgan fingerprint density at radius 1 is 1.03 bits per heavy atom. The first kappa shape index (κ1) is 21.7. The average molecular weight is 443 g/mol. The number of carbonyl (C=O) groups excluding carboxylic acids is 1. The van der Waals surface area contributed by atoms with E-state index >= 15 is 0 Å². The fourth-order valence-corrected chi connectivity index (χ4v) is 6.52. The number of halogens is 3. The summed E-state index contributed by atoms with van der Waals surface area (Å²) in [4.78, 5) is 14.7. The van der Waals surface area contributed by atoms with Gasteiger partial charge in [-0.2, -0.15) is 13.2 Å². The normalized spacial score (nSPS) is 29.2. The van der Waals surface area contributed by atoms with Crippen LogP contribution in [0, 0.1) is 5.92 Å². The van der Waals surface area contributed by atoms with Gasteiger partial charge in [0.2, 0.25) is 0 Å². The third kappa shape index (κ3) is 3.57. The van der Waals surface area contributed by atoms with Gasteiger partial charge in [-0.05, 0) is 73.5 Å². The minimum Gasteiger partial charge on any atom is -0.315 e. The lowest BCUT2D eigenvalue weighted by Crippen LogP contribution is -2.59. The van der Waals surface area contributed by atoms with Crippen molar-refractivity contribution < 1.29 is 18.0 Å². The van der Waals surface area contributed by atoms with E-state index in [1.807, 2.05) is 6.07 Å². The molecule has 32 heavy (non-hydrogen) atoms. The van der Waals surface area contributed by atoms with Gasteiger partial charge < -0.3 is 10.1 Å².